The van der Waals surface area contributed by atoms with Crippen molar-refractivity contribution in [2.45, 2.75) is 90.3 Å². The molecule has 12 nitrogen and oxygen atoms in total. The molecule has 35 heavy (non-hydrogen) atoms. The normalized spacial score (nSPS) is 26.0. The smallest absolute Gasteiger partial charge is 1.00 e. The summed E-state index contributed by atoms with van der Waals surface area (Å²) in [4.78, 5) is 0. The largest absolute Gasteiger partial charge is 5.00 e. The number of hydrogen-bond donors (Lipinski definition) is 0. The van der Waals surface area contributed by atoms with E-state index in [0.717, 1.165) is 38.5 Å². The molecule has 0 heterocycles. The van der Waals surface area contributed by atoms with Crippen LogP contribution >= 0.6 is 0 Å². The first-order chi connectivity index (χ1) is 16.1. The van der Waals surface area contributed by atoms with E-state index in [2.05, 4.69) is 30.9 Å². The number of hydrogen-bond acceptors (Lipinski definition) is 12. The van der Waals surface area contributed by atoms with E-state index in [9.17, 15) is 15.6 Å². The van der Waals surface area contributed by atoms with Crippen LogP contribution in [0.25, 0.3) is 0 Å². The van der Waals surface area contributed by atoms with E-state index in [4.69, 9.17) is 14.3 Å². The SMILES string of the molecule is CC[B-](O/N=C1\CCCC\C1=N\[O-])(O/N=C1\CCCC\C1=N/[O-])O/N=C1\CCCC\C1=N/[O-].[99Tc+5].[Cl-]. The fourth-order valence-corrected chi connectivity index (χ4v) is 3.92. The average molecular weight is 595 g/mol. The van der Waals surface area contributed by atoms with Crippen LogP contribution in [0.1, 0.15) is 84.0 Å². The van der Waals surface area contributed by atoms with Crippen LogP contribution in [0.5, 0.6) is 0 Å². The molecule has 0 atom stereocenters. The first kappa shape index (κ1) is 30.9. The fraction of sp³-hybridized carbons (Fsp3) is 0.700. The van der Waals surface area contributed by atoms with Crippen molar-refractivity contribution in [3.63, 3.8) is 0 Å². The van der Waals surface area contributed by atoms with Crippen molar-refractivity contribution < 1.29 is 46.8 Å². The van der Waals surface area contributed by atoms with Gasteiger partial charge in [-0.15, -0.1) is 15.5 Å². The van der Waals surface area contributed by atoms with Crippen LogP contribution in [0.15, 0.2) is 30.9 Å². The molecule has 0 bridgehead atoms. The topological polar surface area (TPSA) is 171 Å². The van der Waals surface area contributed by atoms with Gasteiger partial charge in [-0.25, -0.2) is 0 Å². The van der Waals surface area contributed by atoms with Gasteiger partial charge in [0.15, 0.2) is 0 Å². The summed E-state index contributed by atoms with van der Waals surface area (Å²) in [6, 6.07) is 0. The van der Waals surface area contributed by atoms with E-state index < -0.39 is 6.75 Å². The fourth-order valence-electron chi connectivity index (χ4n) is 3.92. The first-order valence-corrected chi connectivity index (χ1v) is 11.6. The van der Waals surface area contributed by atoms with E-state index in [1.54, 1.807) is 6.92 Å². The van der Waals surface area contributed by atoms with E-state index >= 15 is 0 Å². The zero-order valence-corrected chi connectivity index (χ0v) is 22.3. The summed E-state index contributed by atoms with van der Waals surface area (Å²) in [5.41, 5.74) is 2.30. The van der Waals surface area contributed by atoms with Crippen LogP contribution in [-0.4, -0.2) is 41.0 Å². The summed E-state index contributed by atoms with van der Waals surface area (Å²) in [6.07, 6.45) is 8.49. The van der Waals surface area contributed by atoms with Gasteiger partial charge in [-0.1, -0.05) is 13.2 Å². The van der Waals surface area contributed by atoms with Gasteiger partial charge in [0.2, 0.25) is 0 Å². The van der Waals surface area contributed by atoms with Gasteiger partial charge in [-0.2, -0.15) is 0 Å². The summed E-state index contributed by atoms with van der Waals surface area (Å²) in [6.45, 7) is -0.944. The molecule has 0 N–H and O–H groups in total. The Kier molecular flexibility index (Phi) is 13.9. The summed E-state index contributed by atoms with van der Waals surface area (Å²) >= 11 is 0. The number of rotatable bonds is 7. The Balaban J connectivity index is 0.00000306. The maximum atomic E-state index is 11.2. The van der Waals surface area contributed by atoms with Gasteiger partial charge in [-0.05, 0) is 77.0 Å². The Morgan fingerprint density at radius 1 is 0.571 bits per heavy atom. The quantitative estimate of drug-likeness (QED) is 0.320. The summed E-state index contributed by atoms with van der Waals surface area (Å²) in [7, 11) is 0. The molecule has 3 saturated carbocycles. The Bertz CT molecular complexity index is 775. The van der Waals surface area contributed by atoms with E-state index in [-0.39, 0.29) is 38.8 Å². The second-order valence-electron chi connectivity index (χ2n) is 8.36. The monoisotopic (exact) mass is 594 g/mol. The Morgan fingerprint density at radius 3 is 1.06 bits per heavy atom. The second kappa shape index (κ2) is 15.7. The molecular weight excluding hydrogens is 565 g/mol. The molecule has 192 valence electrons. The third-order valence-electron chi connectivity index (χ3n) is 6.03. The van der Waals surface area contributed by atoms with Gasteiger partial charge in [0.25, 0.3) is 0 Å². The third kappa shape index (κ3) is 8.47. The van der Waals surface area contributed by atoms with Crippen molar-refractivity contribution >= 4 is 41.0 Å². The zero-order valence-electron chi connectivity index (χ0n) is 19.7. The Morgan fingerprint density at radius 2 is 0.829 bits per heavy atom. The molecule has 0 unspecified atom stereocenters. The molecular formula is C20H29BClN6O6Tc. The molecule has 0 radical (unpaired) electrons. The molecule has 0 aliphatic heterocycles. The minimum atomic E-state index is -2.69. The van der Waals surface area contributed by atoms with Crippen LogP contribution in [0, 0.1) is 15.6 Å². The van der Waals surface area contributed by atoms with E-state index in [1.165, 1.54) is 0 Å². The predicted octanol–water partition coefficient (Wildman–Crippen LogP) is 1.60. The van der Waals surface area contributed by atoms with Crippen molar-refractivity contribution in [1.29, 1.82) is 0 Å². The standard InChI is InChI=1S/C20H32BN6O6.ClH.Tc/c1-2-21(31-25-18-12-6-3-9-15(18)22-28,32-26-19-13-7-4-10-16(19)23-29)33-27-20-14-8-5-11-17(20)24-30;;/h28-30H,2-14H2,1H3;1H;/q-1;;+5/p-4/b22-15-,23-16+,24-17+,25-18+,26-19+,27-20+;;/i;;1+1. The molecule has 0 aromatic rings. The van der Waals surface area contributed by atoms with Crippen molar-refractivity contribution in [2.24, 2.45) is 30.9 Å². The number of oxime groups is 3. The van der Waals surface area contributed by atoms with Crippen LogP contribution in [0.4, 0.5) is 0 Å². The van der Waals surface area contributed by atoms with E-state index in [1.807, 2.05) is 0 Å². The van der Waals surface area contributed by atoms with Gasteiger partial charge >= 0.3 is 26.9 Å². The van der Waals surface area contributed by atoms with Crippen molar-refractivity contribution in [3.05, 3.63) is 15.6 Å². The zero-order chi connectivity index (χ0) is 23.5. The summed E-state index contributed by atoms with van der Waals surface area (Å²) in [5.74, 6) is 0. The van der Waals surface area contributed by atoms with E-state index in [0.29, 0.717) is 72.8 Å². The Labute approximate surface area is 224 Å². The molecule has 3 fully saturated rings. The van der Waals surface area contributed by atoms with Gasteiger partial charge < -0.3 is 57.8 Å². The molecule has 3 aliphatic rings. The van der Waals surface area contributed by atoms with Crippen LogP contribution in [0.2, 0.25) is 6.32 Å². The molecule has 0 spiro atoms. The maximum absolute atomic E-state index is 11.2. The first-order valence-electron chi connectivity index (χ1n) is 11.6. The minimum Gasteiger partial charge on any atom is -1.00 e. The molecule has 0 saturated heterocycles. The van der Waals surface area contributed by atoms with Gasteiger partial charge in [-0.3, -0.25) is 0 Å². The Hall–Kier alpha value is -2.18. The molecule has 15 heteroatoms. The molecule has 0 amide bonds. The number of nitrogens with zero attached hydrogens (tertiary/aromatic N) is 6. The van der Waals surface area contributed by atoms with Crippen molar-refractivity contribution in [2.75, 3.05) is 0 Å². The minimum absolute atomic E-state index is 0. The molecule has 3 aliphatic carbocycles. The van der Waals surface area contributed by atoms with Crippen molar-refractivity contribution in [3.8, 4) is 0 Å². The third-order valence-corrected chi connectivity index (χ3v) is 6.03. The molecule has 3 rings (SSSR count). The van der Waals surface area contributed by atoms with Gasteiger partial charge in [0, 0.05) is 0 Å². The van der Waals surface area contributed by atoms with Gasteiger partial charge in [0.1, 0.15) is 0 Å². The predicted molar refractivity (Wildman–Crippen MR) is 130 cm³/mol. The molecule has 0 aromatic heterocycles. The second-order valence-corrected chi connectivity index (χ2v) is 8.36. The van der Waals surface area contributed by atoms with Crippen molar-refractivity contribution in [1.82, 2.24) is 0 Å². The molecule has 0 aromatic carbocycles. The summed E-state index contributed by atoms with van der Waals surface area (Å²) < 4.78 is 17.1. The van der Waals surface area contributed by atoms with Crippen LogP contribution in [-0.2, 0) is 34.4 Å². The number of halogens is 1. The van der Waals surface area contributed by atoms with Gasteiger partial charge in [0.05, 0.1) is 34.3 Å². The maximum Gasteiger partial charge on any atom is 5.00 e. The van der Waals surface area contributed by atoms with Crippen LogP contribution in [0.3, 0.4) is 0 Å². The van der Waals surface area contributed by atoms with Crippen LogP contribution < -0.4 is 12.4 Å². The average Bonchev–Trinajstić information content (AvgIpc) is 2.89. The summed E-state index contributed by atoms with van der Waals surface area (Å²) in [5, 5.41) is 55.0.